The van der Waals surface area contributed by atoms with Gasteiger partial charge < -0.3 is 10.2 Å². The average molecular weight is 332 g/mol. The first-order chi connectivity index (χ1) is 11.2. The molecule has 1 amide bonds. The maximum atomic E-state index is 12.9. The third-order valence-electron chi connectivity index (χ3n) is 4.68. The Morgan fingerprint density at radius 1 is 1.26 bits per heavy atom. The molecule has 7 heteroatoms. The van der Waals surface area contributed by atoms with Crippen molar-refractivity contribution < 1.29 is 9.18 Å². The van der Waals surface area contributed by atoms with Gasteiger partial charge in [0.05, 0.1) is 6.20 Å². The summed E-state index contributed by atoms with van der Waals surface area (Å²) in [6, 6.07) is 3.16. The number of fused-ring (bicyclic) bond motifs is 3. The minimum atomic E-state index is -0.523. The second kappa shape index (κ2) is 5.98. The van der Waals surface area contributed by atoms with Gasteiger partial charge in [0.2, 0.25) is 5.95 Å². The molecule has 3 saturated heterocycles. The van der Waals surface area contributed by atoms with Crippen molar-refractivity contribution in [3.05, 3.63) is 35.4 Å². The third-order valence-corrected chi connectivity index (χ3v) is 5.72. The Hall–Kier alpha value is -1.86. The van der Waals surface area contributed by atoms with Gasteiger partial charge in [0.25, 0.3) is 5.91 Å². The lowest BCUT2D eigenvalue weighted by molar-refractivity contribution is 0.0622. The lowest BCUT2D eigenvalue weighted by atomic mass is 9.84. The zero-order chi connectivity index (χ0) is 15.8. The van der Waals surface area contributed by atoms with Crippen molar-refractivity contribution in [2.75, 3.05) is 19.6 Å². The molecular formula is C16H17FN4OS. The minimum Gasteiger partial charge on any atom is -0.347 e. The topological polar surface area (TPSA) is 58.1 Å². The molecule has 2 aromatic heterocycles. The van der Waals surface area contributed by atoms with Crippen LogP contribution in [0.1, 0.15) is 22.5 Å². The Kier molecular flexibility index (Phi) is 3.82. The molecule has 2 aromatic rings. The van der Waals surface area contributed by atoms with E-state index in [0.29, 0.717) is 15.8 Å². The molecule has 120 valence electrons. The van der Waals surface area contributed by atoms with Crippen LogP contribution in [0.3, 0.4) is 0 Å². The van der Waals surface area contributed by atoms with Gasteiger partial charge in [0.1, 0.15) is 9.88 Å². The van der Waals surface area contributed by atoms with E-state index < -0.39 is 5.95 Å². The van der Waals surface area contributed by atoms with Crippen LogP contribution in [-0.2, 0) is 0 Å². The number of hydrogen-bond donors (Lipinski definition) is 1. The number of nitrogens with one attached hydrogen (secondary N) is 1. The highest BCUT2D eigenvalue weighted by atomic mass is 32.1. The highest BCUT2D eigenvalue weighted by molar-refractivity contribution is 7.16. The summed E-state index contributed by atoms with van der Waals surface area (Å²) in [5.74, 6) is 0.00540. The molecule has 3 aliphatic heterocycles. The molecule has 0 radical (unpaired) electrons. The van der Waals surface area contributed by atoms with Crippen LogP contribution in [0, 0.1) is 11.9 Å². The molecule has 0 saturated carbocycles. The molecule has 0 aromatic carbocycles. The Morgan fingerprint density at radius 3 is 2.74 bits per heavy atom. The molecule has 0 aliphatic carbocycles. The molecule has 5 nitrogen and oxygen atoms in total. The van der Waals surface area contributed by atoms with E-state index in [9.17, 15) is 9.18 Å². The number of hydrogen-bond acceptors (Lipinski definition) is 5. The van der Waals surface area contributed by atoms with Crippen molar-refractivity contribution in [2.24, 2.45) is 5.92 Å². The van der Waals surface area contributed by atoms with Gasteiger partial charge in [-0.05, 0) is 44.0 Å². The Morgan fingerprint density at radius 2 is 2.09 bits per heavy atom. The summed E-state index contributed by atoms with van der Waals surface area (Å²) in [6.07, 6.45) is 5.35. The summed E-state index contributed by atoms with van der Waals surface area (Å²) in [5.41, 5.74) is 0.721. The predicted octanol–water partition coefficient (Wildman–Crippen LogP) is 2.17. The molecule has 2 bridgehead atoms. The van der Waals surface area contributed by atoms with Crippen LogP contribution >= 0.6 is 11.3 Å². The Bertz CT molecular complexity index is 709. The van der Waals surface area contributed by atoms with Gasteiger partial charge in [-0.1, -0.05) is 0 Å². The van der Waals surface area contributed by atoms with Gasteiger partial charge in [-0.3, -0.25) is 4.79 Å². The molecule has 5 rings (SSSR count). The average Bonchev–Trinajstić information content (AvgIpc) is 3.07. The summed E-state index contributed by atoms with van der Waals surface area (Å²) in [5, 5.41) is 3.83. The fraction of sp³-hybridized carbons (Fsp3) is 0.438. The van der Waals surface area contributed by atoms with Crippen LogP contribution in [-0.4, -0.2) is 46.5 Å². The van der Waals surface area contributed by atoms with E-state index in [1.165, 1.54) is 36.4 Å². The number of thiazole rings is 1. The number of halogens is 1. The molecule has 5 heterocycles. The number of rotatable bonds is 3. The number of amides is 1. The van der Waals surface area contributed by atoms with Crippen LogP contribution in [0.25, 0.3) is 10.6 Å². The second-order valence-electron chi connectivity index (χ2n) is 6.12. The van der Waals surface area contributed by atoms with Crippen LogP contribution in [0.15, 0.2) is 24.5 Å². The predicted molar refractivity (Wildman–Crippen MR) is 85.7 cm³/mol. The van der Waals surface area contributed by atoms with Gasteiger partial charge in [0, 0.05) is 24.3 Å². The standard InChI is InChI=1S/C16H17FN4OS/c17-14-2-1-11(7-18-14)16-19-8-13(23-16)15(22)20-12-9-21-5-3-10(12)4-6-21/h1-2,7-8,10,12H,3-6,9H2,(H,20,22)/t12-/m0/s1. The van der Waals surface area contributed by atoms with E-state index in [2.05, 4.69) is 20.2 Å². The van der Waals surface area contributed by atoms with E-state index in [4.69, 9.17) is 0 Å². The fourth-order valence-electron chi connectivity index (χ4n) is 3.38. The van der Waals surface area contributed by atoms with Crippen molar-refractivity contribution in [2.45, 2.75) is 18.9 Å². The van der Waals surface area contributed by atoms with Crippen molar-refractivity contribution in [3.8, 4) is 10.6 Å². The lowest BCUT2D eigenvalue weighted by Crippen LogP contribution is -2.57. The van der Waals surface area contributed by atoms with Gasteiger partial charge in [-0.25, -0.2) is 9.97 Å². The highest BCUT2D eigenvalue weighted by Crippen LogP contribution is 2.29. The molecule has 3 aliphatic rings. The Balaban J connectivity index is 1.46. The smallest absolute Gasteiger partial charge is 0.263 e. The van der Waals surface area contributed by atoms with Crippen LogP contribution in [0.5, 0.6) is 0 Å². The summed E-state index contributed by atoms with van der Waals surface area (Å²) in [6.45, 7) is 3.25. The number of carbonyl (C=O) groups is 1. The molecular weight excluding hydrogens is 315 g/mol. The van der Waals surface area contributed by atoms with Crippen molar-refractivity contribution in [3.63, 3.8) is 0 Å². The maximum Gasteiger partial charge on any atom is 0.263 e. The van der Waals surface area contributed by atoms with Crippen LogP contribution in [0.4, 0.5) is 4.39 Å². The maximum absolute atomic E-state index is 12.9. The quantitative estimate of drug-likeness (QED) is 0.875. The largest absolute Gasteiger partial charge is 0.347 e. The number of piperidine rings is 3. The molecule has 23 heavy (non-hydrogen) atoms. The summed E-state index contributed by atoms with van der Waals surface area (Å²) in [7, 11) is 0. The zero-order valence-corrected chi connectivity index (χ0v) is 13.4. The normalized spacial score (nSPS) is 26.2. The minimum absolute atomic E-state index is 0.0671. The van der Waals surface area contributed by atoms with Gasteiger partial charge in [0.15, 0.2) is 0 Å². The summed E-state index contributed by atoms with van der Waals surface area (Å²) >= 11 is 1.31. The number of pyridine rings is 1. The van der Waals surface area contributed by atoms with E-state index in [1.807, 2.05) is 0 Å². The summed E-state index contributed by atoms with van der Waals surface area (Å²) < 4.78 is 12.9. The summed E-state index contributed by atoms with van der Waals surface area (Å²) in [4.78, 5) is 23.3. The molecule has 1 N–H and O–H groups in total. The Labute approximate surface area is 137 Å². The first kappa shape index (κ1) is 14.7. The van der Waals surface area contributed by atoms with E-state index in [1.54, 1.807) is 12.3 Å². The van der Waals surface area contributed by atoms with E-state index in [-0.39, 0.29) is 11.9 Å². The third kappa shape index (κ3) is 2.98. The van der Waals surface area contributed by atoms with Crippen molar-refractivity contribution in [1.29, 1.82) is 0 Å². The van der Waals surface area contributed by atoms with E-state index >= 15 is 0 Å². The number of carbonyl (C=O) groups excluding carboxylic acids is 1. The monoisotopic (exact) mass is 332 g/mol. The van der Waals surface area contributed by atoms with Gasteiger partial charge in [-0.2, -0.15) is 4.39 Å². The van der Waals surface area contributed by atoms with Gasteiger partial charge >= 0.3 is 0 Å². The molecule has 1 atom stereocenters. The van der Waals surface area contributed by atoms with Crippen LogP contribution < -0.4 is 5.32 Å². The first-order valence-corrected chi connectivity index (χ1v) is 8.61. The van der Waals surface area contributed by atoms with Gasteiger partial charge in [-0.15, -0.1) is 11.3 Å². The molecule has 0 unspecified atom stereocenters. The number of nitrogens with zero attached hydrogens (tertiary/aromatic N) is 3. The van der Waals surface area contributed by atoms with Crippen molar-refractivity contribution in [1.82, 2.24) is 20.2 Å². The molecule has 0 spiro atoms. The lowest BCUT2D eigenvalue weighted by Gasteiger charge is -2.44. The van der Waals surface area contributed by atoms with E-state index in [0.717, 1.165) is 25.2 Å². The SMILES string of the molecule is O=C(N[C@H]1CN2CCC1CC2)c1cnc(-c2ccc(F)nc2)s1. The molecule has 3 fully saturated rings. The van der Waals surface area contributed by atoms with Crippen molar-refractivity contribution >= 4 is 17.2 Å². The number of aromatic nitrogens is 2. The highest BCUT2D eigenvalue weighted by Gasteiger charge is 2.35. The first-order valence-electron chi connectivity index (χ1n) is 7.80. The fourth-order valence-corrected chi connectivity index (χ4v) is 4.19. The second-order valence-corrected chi connectivity index (χ2v) is 7.15. The zero-order valence-electron chi connectivity index (χ0n) is 12.5. The van der Waals surface area contributed by atoms with Crippen LogP contribution in [0.2, 0.25) is 0 Å².